The zero-order valence-corrected chi connectivity index (χ0v) is 13.4. The van der Waals surface area contributed by atoms with E-state index in [4.69, 9.17) is 4.74 Å². The first kappa shape index (κ1) is 15.1. The molecule has 5 heteroatoms. The molecule has 0 aromatic rings. The Morgan fingerprint density at radius 2 is 1.81 bits per heavy atom. The highest BCUT2D eigenvalue weighted by Crippen LogP contribution is 2.33. The summed E-state index contributed by atoms with van der Waals surface area (Å²) in [5, 5.41) is 0. The molecule has 3 heterocycles. The highest BCUT2D eigenvalue weighted by Gasteiger charge is 2.40. The molecule has 0 bridgehead atoms. The van der Waals surface area contributed by atoms with Crippen molar-refractivity contribution in [2.45, 2.75) is 32.6 Å². The number of rotatable bonds is 1. The number of hydrogen-bond donors (Lipinski definition) is 0. The lowest BCUT2D eigenvalue weighted by Gasteiger charge is -2.44. The van der Waals surface area contributed by atoms with Crippen molar-refractivity contribution in [3.8, 4) is 0 Å². The summed E-state index contributed by atoms with van der Waals surface area (Å²) >= 11 is 0. The Kier molecular flexibility index (Phi) is 4.69. The molecule has 3 fully saturated rings. The molecule has 1 unspecified atom stereocenters. The van der Waals surface area contributed by atoms with Crippen molar-refractivity contribution in [3.05, 3.63) is 0 Å². The van der Waals surface area contributed by atoms with E-state index in [-0.39, 0.29) is 11.4 Å². The van der Waals surface area contributed by atoms with Crippen molar-refractivity contribution >= 4 is 6.03 Å². The van der Waals surface area contributed by atoms with Gasteiger partial charge < -0.3 is 19.4 Å². The zero-order chi connectivity index (χ0) is 14.7. The minimum Gasteiger partial charge on any atom is -0.379 e. The monoisotopic (exact) mass is 295 g/mol. The van der Waals surface area contributed by atoms with Crippen LogP contribution in [0.25, 0.3) is 0 Å². The van der Waals surface area contributed by atoms with Gasteiger partial charge in [-0.1, -0.05) is 6.92 Å². The molecular weight excluding hydrogens is 266 g/mol. The number of amides is 2. The Hall–Kier alpha value is -0.810. The van der Waals surface area contributed by atoms with Crippen molar-refractivity contribution in [2.24, 2.45) is 5.41 Å². The Morgan fingerprint density at radius 1 is 1.05 bits per heavy atom. The predicted octanol–water partition coefficient (Wildman–Crippen LogP) is 1.64. The lowest BCUT2D eigenvalue weighted by molar-refractivity contribution is 0.0134. The van der Waals surface area contributed by atoms with Crippen molar-refractivity contribution in [2.75, 3.05) is 59.0 Å². The Labute approximate surface area is 128 Å². The fourth-order valence-electron chi connectivity index (χ4n) is 4.08. The third-order valence-electron chi connectivity index (χ3n) is 5.27. The molecule has 5 nitrogen and oxygen atoms in total. The van der Waals surface area contributed by atoms with Crippen LogP contribution in [0, 0.1) is 5.41 Å². The first-order valence-electron chi connectivity index (χ1n) is 8.56. The summed E-state index contributed by atoms with van der Waals surface area (Å²) in [4.78, 5) is 19.3. The largest absolute Gasteiger partial charge is 0.379 e. The molecule has 0 radical (unpaired) electrons. The van der Waals surface area contributed by atoms with E-state index in [1.54, 1.807) is 0 Å². The molecule has 1 atom stereocenters. The number of likely N-dealkylation sites (N-methyl/N-ethyl adjacent to an activating group) is 1. The number of nitrogens with zero attached hydrogens (tertiary/aromatic N) is 3. The van der Waals surface area contributed by atoms with E-state index in [2.05, 4.69) is 16.7 Å². The van der Waals surface area contributed by atoms with Gasteiger partial charge in [0.05, 0.1) is 13.2 Å². The van der Waals surface area contributed by atoms with Gasteiger partial charge in [-0.3, -0.25) is 0 Å². The summed E-state index contributed by atoms with van der Waals surface area (Å²) in [6.07, 6.45) is 4.63. The fraction of sp³-hybridized carbons (Fsp3) is 0.938. The van der Waals surface area contributed by atoms with E-state index in [0.29, 0.717) is 0 Å². The molecule has 1 spiro atoms. The molecule has 120 valence electrons. The summed E-state index contributed by atoms with van der Waals surface area (Å²) in [6, 6.07) is 0.263. The zero-order valence-electron chi connectivity index (χ0n) is 13.4. The van der Waals surface area contributed by atoms with Crippen LogP contribution in [0.5, 0.6) is 0 Å². The summed E-state index contributed by atoms with van der Waals surface area (Å²) in [5.41, 5.74) is 0.153. The molecule has 0 saturated carbocycles. The van der Waals surface area contributed by atoms with Crippen LogP contribution in [0.1, 0.15) is 32.6 Å². The molecule has 0 aliphatic carbocycles. The van der Waals surface area contributed by atoms with Crippen LogP contribution in [-0.2, 0) is 4.74 Å². The second-order valence-electron chi connectivity index (χ2n) is 6.92. The molecule has 3 rings (SSSR count). The van der Waals surface area contributed by atoms with Gasteiger partial charge in [-0.25, -0.2) is 4.79 Å². The summed E-state index contributed by atoms with van der Waals surface area (Å²) in [6.45, 7) is 10.7. The average molecular weight is 295 g/mol. The van der Waals surface area contributed by atoms with Crippen molar-refractivity contribution in [1.29, 1.82) is 0 Å². The second kappa shape index (κ2) is 6.53. The van der Waals surface area contributed by atoms with Crippen molar-refractivity contribution in [3.63, 3.8) is 0 Å². The lowest BCUT2D eigenvalue weighted by Crippen LogP contribution is -2.54. The molecule has 21 heavy (non-hydrogen) atoms. The SMILES string of the molecule is CCN1CCOCC2(CCCN(C(=O)N3CCCC3)C2)C1. The minimum atomic E-state index is 0.153. The normalized spacial score (nSPS) is 31.7. The maximum Gasteiger partial charge on any atom is 0.320 e. The van der Waals surface area contributed by atoms with Gasteiger partial charge in [0.1, 0.15) is 0 Å². The van der Waals surface area contributed by atoms with Gasteiger partial charge in [0.25, 0.3) is 0 Å². The van der Waals surface area contributed by atoms with Crippen LogP contribution in [0.2, 0.25) is 0 Å². The van der Waals surface area contributed by atoms with E-state index < -0.39 is 0 Å². The first-order valence-corrected chi connectivity index (χ1v) is 8.56. The third-order valence-corrected chi connectivity index (χ3v) is 5.27. The average Bonchev–Trinajstić information content (AvgIpc) is 2.97. The predicted molar refractivity (Wildman–Crippen MR) is 82.4 cm³/mol. The van der Waals surface area contributed by atoms with Crippen molar-refractivity contribution < 1.29 is 9.53 Å². The van der Waals surface area contributed by atoms with E-state index in [9.17, 15) is 4.79 Å². The third kappa shape index (κ3) is 3.34. The van der Waals surface area contributed by atoms with Gasteiger partial charge in [0, 0.05) is 44.7 Å². The highest BCUT2D eigenvalue weighted by atomic mass is 16.5. The molecule has 3 saturated heterocycles. The topological polar surface area (TPSA) is 36.0 Å². The van der Waals surface area contributed by atoms with Crippen LogP contribution in [-0.4, -0.2) is 79.8 Å². The first-order chi connectivity index (χ1) is 10.2. The molecule has 0 N–H and O–H groups in total. The van der Waals surface area contributed by atoms with Crippen LogP contribution >= 0.6 is 0 Å². The number of urea groups is 1. The van der Waals surface area contributed by atoms with E-state index in [1.807, 2.05) is 4.90 Å². The van der Waals surface area contributed by atoms with Gasteiger partial charge in [0.15, 0.2) is 0 Å². The van der Waals surface area contributed by atoms with Gasteiger partial charge in [-0.15, -0.1) is 0 Å². The van der Waals surface area contributed by atoms with Gasteiger partial charge >= 0.3 is 6.03 Å². The van der Waals surface area contributed by atoms with E-state index >= 15 is 0 Å². The number of likely N-dealkylation sites (tertiary alicyclic amines) is 2. The fourth-order valence-corrected chi connectivity index (χ4v) is 4.08. The van der Waals surface area contributed by atoms with Crippen LogP contribution in [0.15, 0.2) is 0 Å². The van der Waals surface area contributed by atoms with Gasteiger partial charge in [-0.05, 0) is 32.2 Å². The maximum absolute atomic E-state index is 12.7. The van der Waals surface area contributed by atoms with Crippen LogP contribution in [0.3, 0.4) is 0 Å². The van der Waals surface area contributed by atoms with Gasteiger partial charge in [0.2, 0.25) is 0 Å². The minimum absolute atomic E-state index is 0.153. The lowest BCUT2D eigenvalue weighted by atomic mass is 9.80. The summed E-state index contributed by atoms with van der Waals surface area (Å²) < 4.78 is 5.88. The van der Waals surface area contributed by atoms with Crippen LogP contribution < -0.4 is 0 Å². The molecule has 2 amide bonds. The summed E-state index contributed by atoms with van der Waals surface area (Å²) in [5.74, 6) is 0. The molecule has 3 aliphatic rings. The van der Waals surface area contributed by atoms with E-state index in [0.717, 1.165) is 78.3 Å². The Balaban J connectivity index is 1.67. The molecule has 0 aromatic heterocycles. The second-order valence-corrected chi connectivity index (χ2v) is 6.92. The standard InChI is InChI=1S/C16H29N3O2/c1-2-17-10-11-21-14-16(12-17)6-5-9-19(13-16)15(20)18-7-3-4-8-18/h2-14H2,1H3. The quantitative estimate of drug-likeness (QED) is 0.738. The summed E-state index contributed by atoms with van der Waals surface area (Å²) in [7, 11) is 0. The molecule has 0 aromatic carbocycles. The van der Waals surface area contributed by atoms with E-state index in [1.165, 1.54) is 6.42 Å². The maximum atomic E-state index is 12.7. The molecular formula is C16H29N3O2. The van der Waals surface area contributed by atoms with Crippen LogP contribution in [0.4, 0.5) is 4.79 Å². The van der Waals surface area contributed by atoms with Crippen molar-refractivity contribution in [1.82, 2.24) is 14.7 Å². The highest BCUT2D eigenvalue weighted by molar-refractivity contribution is 5.74. The number of piperidine rings is 1. The molecule has 3 aliphatic heterocycles. The number of ether oxygens (including phenoxy) is 1. The Morgan fingerprint density at radius 3 is 2.57 bits per heavy atom. The Bertz CT molecular complexity index is 371. The van der Waals surface area contributed by atoms with Gasteiger partial charge in [-0.2, -0.15) is 0 Å². The number of carbonyl (C=O) groups excluding carboxylic acids is 1. The number of carbonyl (C=O) groups is 1. The number of hydrogen-bond acceptors (Lipinski definition) is 3. The smallest absolute Gasteiger partial charge is 0.320 e.